The Labute approximate surface area is 139 Å². The summed E-state index contributed by atoms with van der Waals surface area (Å²) in [6.07, 6.45) is 0.0324. The van der Waals surface area contributed by atoms with Crippen molar-refractivity contribution in [3.05, 3.63) is 41.3 Å². The molecule has 2 heterocycles. The number of benzene rings is 1. The number of halogens is 2. The van der Waals surface area contributed by atoms with Crippen LogP contribution in [0.1, 0.15) is 11.5 Å². The number of ether oxygens (including phenoxy) is 2. The van der Waals surface area contributed by atoms with Gasteiger partial charge >= 0.3 is 0 Å². The molecule has 24 heavy (non-hydrogen) atoms. The third-order valence-corrected chi connectivity index (χ3v) is 3.87. The van der Waals surface area contributed by atoms with Crippen LogP contribution in [-0.2, 0) is 16.0 Å². The highest BCUT2D eigenvalue weighted by atomic mass is 19.1. The van der Waals surface area contributed by atoms with Crippen LogP contribution in [0.4, 0.5) is 8.78 Å². The Morgan fingerprint density at radius 2 is 2.12 bits per heavy atom. The molecule has 3 rings (SSSR count). The molecule has 1 aromatic heterocycles. The van der Waals surface area contributed by atoms with Crippen molar-refractivity contribution in [3.63, 3.8) is 0 Å². The first-order valence-corrected chi connectivity index (χ1v) is 7.82. The minimum Gasteiger partial charge on any atom is -0.441 e. The van der Waals surface area contributed by atoms with Gasteiger partial charge < -0.3 is 13.9 Å². The third kappa shape index (κ3) is 3.98. The van der Waals surface area contributed by atoms with Crippen LogP contribution in [0.2, 0.25) is 0 Å². The van der Waals surface area contributed by atoms with Gasteiger partial charge in [-0.2, -0.15) is 0 Å². The van der Waals surface area contributed by atoms with Gasteiger partial charge in [-0.1, -0.05) is 0 Å². The zero-order valence-corrected chi connectivity index (χ0v) is 13.7. The lowest BCUT2D eigenvalue weighted by Gasteiger charge is -2.27. The molecule has 0 saturated carbocycles. The van der Waals surface area contributed by atoms with Gasteiger partial charge in [0, 0.05) is 19.2 Å². The van der Waals surface area contributed by atoms with Crippen LogP contribution in [0, 0.1) is 18.6 Å². The molecular weight excluding hydrogens is 318 g/mol. The monoisotopic (exact) mass is 338 g/mol. The number of hydrogen-bond acceptors (Lipinski definition) is 5. The molecule has 1 aromatic carbocycles. The maximum absolute atomic E-state index is 13.9. The SMILES string of the molecule is Cc1oc(-c2ccc(F)cc2F)nc1CN(C)CC1COCCO1. The van der Waals surface area contributed by atoms with Gasteiger partial charge in [0.15, 0.2) is 0 Å². The lowest BCUT2D eigenvalue weighted by molar-refractivity contribution is -0.0963. The summed E-state index contributed by atoms with van der Waals surface area (Å²) in [7, 11) is 1.95. The number of hydrogen-bond donors (Lipinski definition) is 0. The van der Waals surface area contributed by atoms with Gasteiger partial charge in [0.1, 0.15) is 17.4 Å². The molecule has 0 N–H and O–H groups in total. The average molecular weight is 338 g/mol. The standard InChI is InChI=1S/C17H20F2N2O3/c1-11-16(9-21(2)8-13-10-22-5-6-23-13)20-17(24-11)14-4-3-12(18)7-15(14)19/h3-4,7,13H,5-6,8-10H2,1-2H3. The van der Waals surface area contributed by atoms with Crippen molar-refractivity contribution in [3.8, 4) is 11.5 Å². The Kier molecular flexibility index (Phi) is 5.23. The van der Waals surface area contributed by atoms with E-state index in [0.717, 1.165) is 6.07 Å². The summed E-state index contributed by atoms with van der Waals surface area (Å²) in [5, 5.41) is 0. The van der Waals surface area contributed by atoms with Crippen molar-refractivity contribution in [2.24, 2.45) is 0 Å². The Hall–Kier alpha value is -1.83. The van der Waals surface area contributed by atoms with Crippen LogP contribution in [0.25, 0.3) is 11.5 Å². The molecule has 1 atom stereocenters. The lowest BCUT2D eigenvalue weighted by Crippen LogP contribution is -2.38. The quantitative estimate of drug-likeness (QED) is 0.839. The van der Waals surface area contributed by atoms with E-state index in [4.69, 9.17) is 13.9 Å². The van der Waals surface area contributed by atoms with Crippen LogP contribution in [0.15, 0.2) is 22.6 Å². The topological polar surface area (TPSA) is 47.7 Å². The Morgan fingerprint density at radius 1 is 1.29 bits per heavy atom. The predicted molar refractivity (Wildman–Crippen MR) is 83.5 cm³/mol. The highest BCUT2D eigenvalue weighted by molar-refractivity contribution is 5.54. The number of aryl methyl sites for hydroxylation is 1. The van der Waals surface area contributed by atoms with Gasteiger partial charge in [-0.15, -0.1) is 0 Å². The molecule has 0 spiro atoms. The van der Waals surface area contributed by atoms with Crippen molar-refractivity contribution in [2.45, 2.75) is 19.6 Å². The molecule has 0 aliphatic carbocycles. The summed E-state index contributed by atoms with van der Waals surface area (Å²) in [6.45, 7) is 4.84. The zero-order valence-electron chi connectivity index (χ0n) is 13.7. The number of oxazole rings is 1. The Balaban J connectivity index is 1.69. The van der Waals surface area contributed by atoms with E-state index in [1.807, 2.05) is 7.05 Å². The second-order valence-electron chi connectivity index (χ2n) is 5.91. The van der Waals surface area contributed by atoms with Crippen molar-refractivity contribution in [2.75, 3.05) is 33.4 Å². The summed E-state index contributed by atoms with van der Waals surface area (Å²) in [5.74, 6) is -0.551. The normalized spacial score (nSPS) is 18.3. The summed E-state index contributed by atoms with van der Waals surface area (Å²) >= 11 is 0. The fourth-order valence-corrected chi connectivity index (χ4v) is 2.66. The lowest BCUT2D eigenvalue weighted by atomic mass is 10.2. The minimum atomic E-state index is -0.691. The zero-order chi connectivity index (χ0) is 17.1. The van der Waals surface area contributed by atoms with E-state index in [-0.39, 0.29) is 17.6 Å². The number of likely N-dealkylation sites (N-methyl/N-ethyl adjacent to an activating group) is 1. The summed E-state index contributed by atoms with van der Waals surface area (Å²) in [6, 6.07) is 3.34. The van der Waals surface area contributed by atoms with Gasteiger partial charge in [-0.05, 0) is 26.1 Å². The second-order valence-corrected chi connectivity index (χ2v) is 5.91. The molecule has 1 aliphatic rings. The minimum absolute atomic E-state index is 0.0324. The number of rotatable bonds is 5. The predicted octanol–water partition coefficient (Wildman–Crippen LogP) is 2.78. The van der Waals surface area contributed by atoms with E-state index in [2.05, 4.69) is 9.88 Å². The summed E-state index contributed by atoms with van der Waals surface area (Å²) < 4.78 is 43.5. The molecule has 130 valence electrons. The molecule has 1 saturated heterocycles. The van der Waals surface area contributed by atoms with Crippen LogP contribution in [0.3, 0.4) is 0 Å². The molecular formula is C17H20F2N2O3. The molecule has 5 nitrogen and oxygen atoms in total. The Bertz CT molecular complexity index is 699. The van der Waals surface area contributed by atoms with Crippen LogP contribution >= 0.6 is 0 Å². The van der Waals surface area contributed by atoms with Crippen LogP contribution in [0.5, 0.6) is 0 Å². The fraction of sp³-hybridized carbons (Fsp3) is 0.471. The van der Waals surface area contributed by atoms with Crippen molar-refractivity contribution in [1.82, 2.24) is 9.88 Å². The van der Waals surface area contributed by atoms with E-state index in [1.165, 1.54) is 12.1 Å². The van der Waals surface area contributed by atoms with Gasteiger partial charge in [0.2, 0.25) is 5.89 Å². The van der Waals surface area contributed by atoms with Gasteiger partial charge in [-0.25, -0.2) is 13.8 Å². The first-order chi connectivity index (χ1) is 11.5. The first kappa shape index (κ1) is 17.0. The molecule has 0 amide bonds. The maximum atomic E-state index is 13.9. The highest BCUT2D eigenvalue weighted by Gasteiger charge is 2.20. The van der Waals surface area contributed by atoms with E-state index >= 15 is 0 Å². The second kappa shape index (κ2) is 7.38. The van der Waals surface area contributed by atoms with E-state index in [9.17, 15) is 8.78 Å². The molecule has 0 radical (unpaired) electrons. The smallest absolute Gasteiger partial charge is 0.229 e. The molecule has 2 aromatic rings. The van der Waals surface area contributed by atoms with Gasteiger partial charge in [0.05, 0.1) is 37.2 Å². The maximum Gasteiger partial charge on any atom is 0.229 e. The molecule has 1 fully saturated rings. The van der Waals surface area contributed by atoms with Crippen LogP contribution < -0.4 is 0 Å². The van der Waals surface area contributed by atoms with E-state index in [1.54, 1.807) is 6.92 Å². The van der Waals surface area contributed by atoms with Crippen molar-refractivity contribution in [1.29, 1.82) is 0 Å². The molecule has 7 heteroatoms. The molecule has 0 bridgehead atoms. The number of aromatic nitrogens is 1. The fourth-order valence-electron chi connectivity index (χ4n) is 2.66. The average Bonchev–Trinajstić information content (AvgIpc) is 2.88. The third-order valence-electron chi connectivity index (χ3n) is 3.87. The number of nitrogens with zero attached hydrogens (tertiary/aromatic N) is 2. The van der Waals surface area contributed by atoms with Crippen LogP contribution in [-0.4, -0.2) is 49.4 Å². The van der Waals surface area contributed by atoms with Gasteiger partial charge in [-0.3, -0.25) is 4.90 Å². The van der Waals surface area contributed by atoms with Crippen molar-refractivity contribution < 1.29 is 22.7 Å². The van der Waals surface area contributed by atoms with Crippen molar-refractivity contribution >= 4 is 0 Å². The summed E-state index contributed by atoms with van der Waals surface area (Å²) in [4.78, 5) is 6.41. The summed E-state index contributed by atoms with van der Waals surface area (Å²) in [5.41, 5.74) is 0.866. The van der Waals surface area contributed by atoms with E-state index < -0.39 is 11.6 Å². The van der Waals surface area contributed by atoms with E-state index in [0.29, 0.717) is 44.4 Å². The first-order valence-electron chi connectivity index (χ1n) is 7.82. The molecule has 1 unspecified atom stereocenters. The Morgan fingerprint density at radius 3 is 2.83 bits per heavy atom. The molecule has 1 aliphatic heterocycles. The largest absolute Gasteiger partial charge is 0.441 e. The van der Waals surface area contributed by atoms with Gasteiger partial charge in [0.25, 0.3) is 0 Å². The highest BCUT2D eigenvalue weighted by Crippen LogP contribution is 2.25.